The van der Waals surface area contributed by atoms with Crippen LogP contribution in [0, 0.1) is 0 Å². The van der Waals surface area contributed by atoms with E-state index in [0.717, 1.165) is 12.0 Å². The first-order valence-electron chi connectivity index (χ1n) is 5.84. The number of hydrogen-bond acceptors (Lipinski definition) is 3. The lowest BCUT2D eigenvalue weighted by atomic mass is 10.2. The zero-order chi connectivity index (χ0) is 12.5. The highest BCUT2D eigenvalue weighted by molar-refractivity contribution is 5.67. The van der Waals surface area contributed by atoms with Gasteiger partial charge in [-0.3, -0.25) is 0 Å². The normalized spacial score (nSPS) is 10.0. The van der Waals surface area contributed by atoms with Gasteiger partial charge in [-0.25, -0.2) is 4.79 Å². The number of carbonyl (C=O) groups is 1. The molecule has 0 aliphatic rings. The zero-order valence-corrected chi connectivity index (χ0v) is 10.1. The molecule has 0 heterocycles. The van der Waals surface area contributed by atoms with Crippen LogP contribution in [0.2, 0.25) is 0 Å². The molecule has 0 aromatic heterocycles. The molecule has 1 rings (SSSR count). The lowest BCUT2D eigenvalue weighted by molar-refractivity contribution is 0.0820. The van der Waals surface area contributed by atoms with Gasteiger partial charge >= 0.3 is 6.09 Å². The number of amides is 1. The maximum atomic E-state index is 11.7. The second kappa shape index (κ2) is 7.68. The highest BCUT2D eigenvalue weighted by Crippen LogP contribution is 2.06. The number of ether oxygens (including phenoxy) is 1. The monoisotopic (exact) mass is 237 g/mol. The molecule has 0 aliphatic carbocycles. The minimum absolute atomic E-state index is 0.0494. The number of hydrogen-bond donors (Lipinski definition) is 1. The van der Waals surface area contributed by atoms with Crippen LogP contribution in [-0.2, 0) is 11.3 Å². The first kappa shape index (κ1) is 13.5. The third-order valence-corrected chi connectivity index (χ3v) is 2.28. The molecule has 0 spiro atoms. The molecule has 0 fully saturated rings. The maximum Gasteiger partial charge on any atom is 0.410 e. The minimum Gasteiger partial charge on any atom is -0.447 e. The molecule has 0 atom stereocenters. The summed E-state index contributed by atoms with van der Waals surface area (Å²) in [5.41, 5.74) is 1.07. The standard InChI is InChI=1S/C13H19NO3/c1-2-8-14(13(16)17-10-9-15)11-12-6-4-3-5-7-12/h3-7,15H,2,8-11H2,1H3. The summed E-state index contributed by atoms with van der Waals surface area (Å²) >= 11 is 0. The van der Waals surface area contributed by atoms with E-state index < -0.39 is 0 Å². The van der Waals surface area contributed by atoms with Gasteiger partial charge in [-0.1, -0.05) is 37.3 Å². The summed E-state index contributed by atoms with van der Waals surface area (Å²) in [5.74, 6) is 0. The molecule has 1 N–H and O–H groups in total. The molecule has 1 aromatic carbocycles. The average molecular weight is 237 g/mol. The Hall–Kier alpha value is -1.55. The third-order valence-electron chi connectivity index (χ3n) is 2.28. The second-order valence-corrected chi connectivity index (χ2v) is 3.75. The Morgan fingerprint density at radius 2 is 2.06 bits per heavy atom. The lowest BCUT2D eigenvalue weighted by Crippen LogP contribution is -2.32. The van der Waals surface area contributed by atoms with Crippen LogP contribution in [0.25, 0.3) is 0 Å². The molecular weight excluding hydrogens is 218 g/mol. The van der Waals surface area contributed by atoms with Gasteiger partial charge in [0, 0.05) is 13.1 Å². The summed E-state index contributed by atoms with van der Waals surface area (Å²) in [6, 6.07) is 9.78. The fraction of sp³-hybridized carbons (Fsp3) is 0.462. The molecule has 1 amide bonds. The maximum absolute atomic E-state index is 11.7. The smallest absolute Gasteiger partial charge is 0.410 e. The van der Waals surface area contributed by atoms with Gasteiger partial charge in [0.05, 0.1) is 6.61 Å². The Morgan fingerprint density at radius 1 is 1.35 bits per heavy atom. The number of aliphatic hydroxyl groups excluding tert-OH is 1. The first-order valence-corrected chi connectivity index (χ1v) is 5.84. The van der Waals surface area contributed by atoms with E-state index >= 15 is 0 Å². The van der Waals surface area contributed by atoms with Gasteiger partial charge in [-0.05, 0) is 12.0 Å². The summed E-state index contributed by atoms with van der Waals surface area (Å²) in [4.78, 5) is 13.3. The molecule has 4 heteroatoms. The van der Waals surface area contributed by atoms with Gasteiger partial charge < -0.3 is 14.7 Å². The highest BCUT2D eigenvalue weighted by Gasteiger charge is 2.13. The summed E-state index contributed by atoms with van der Waals surface area (Å²) < 4.78 is 4.92. The van der Waals surface area contributed by atoms with Crippen molar-refractivity contribution in [2.45, 2.75) is 19.9 Å². The van der Waals surface area contributed by atoms with E-state index in [1.165, 1.54) is 0 Å². The number of benzene rings is 1. The van der Waals surface area contributed by atoms with E-state index in [-0.39, 0.29) is 19.3 Å². The van der Waals surface area contributed by atoms with Crippen molar-refractivity contribution in [1.82, 2.24) is 4.90 Å². The first-order chi connectivity index (χ1) is 8.27. The van der Waals surface area contributed by atoms with Gasteiger partial charge in [-0.15, -0.1) is 0 Å². The number of nitrogens with zero attached hydrogens (tertiary/aromatic N) is 1. The van der Waals surface area contributed by atoms with Crippen molar-refractivity contribution in [3.05, 3.63) is 35.9 Å². The van der Waals surface area contributed by atoms with Gasteiger partial charge in [0.2, 0.25) is 0 Å². The highest BCUT2D eigenvalue weighted by atomic mass is 16.6. The Bertz CT molecular complexity index is 327. The van der Waals surface area contributed by atoms with Crippen LogP contribution in [0.4, 0.5) is 4.79 Å². The zero-order valence-electron chi connectivity index (χ0n) is 10.1. The van der Waals surface area contributed by atoms with Crippen molar-refractivity contribution in [2.75, 3.05) is 19.8 Å². The van der Waals surface area contributed by atoms with E-state index in [4.69, 9.17) is 9.84 Å². The Kier molecular flexibility index (Phi) is 6.10. The fourth-order valence-electron chi connectivity index (χ4n) is 1.53. The SMILES string of the molecule is CCCN(Cc1ccccc1)C(=O)OCCO. The van der Waals surface area contributed by atoms with E-state index in [9.17, 15) is 4.79 Å². The third kappa shape index (κ3) is 4.87. The molecule has 0 saturated heterocycles. The van der Waals surface area contributed by atoms with E-state index in [2.05, 4.69) is 0 Å². The molecule has 0 unspecified atom stereocenters. The van der Waals surface area contributed by atoms with Crippen LogP contribution in [0.1, 0.15) is 18.9 Å². The Balaban J connectivity index is 2.56. The van der Waals surface area contributed by atoms with Crippen LogP contribution in [0.5, 0.6) is 0 Å². The molecule has 1 aromatic rings. The average Bonchev–Trinajstić information content (AvgIpc) is 2.36. The fourth-order valence-corrected chi connectivity index (χ4v) is 1.53. The molecule has 17 heavy (non-hydrogen) atoms. The topological polar surface area (TPSA) is 49.8 Å². The Morgan fingerprint density at radius 3 is 2.65 bits per heavy atom. The molecule has 0 radical (unpaired) electrons. The molecule has 0 bridgehead atoms. The predicted molar refractivity (Wildman–Crippen MR) is 65.6 cm³/mol. The molecule has 0 aliphatic heterocycles. The van der Waals surface area contributed by atoms with Crippen LogP contribution in [-0.4, -0.2) is 35.9 Å². The summed E-state index contributed by atoms with van der Waals surface area (Å²) in [6.07, 6.45) is 0.505. The van der Waals surface area contributed by atoms with Crippen molar-refractivity contribution >= 4 is 6.09 Å². The molecule has 0 saturated carbocycles. The quantitative estimate of drug-likeness (QED) is 0.823. The largest absolute Gasteiger partial charge is 0.447 e. The van der Waals surface area contributed by atoms with Crippen LogP contribution >= 0.6 is 0 Å². The molecule has 94 valence electrons. The van der Waals surface area contributed by atoms with Crippen molar-refractivity contribution < 1.29 is 14.6 Å². The summed E-state index contributed by atoms with van der Waals surface area (Å²) in [6.45, 7) is 3.11. The number of rotatable bonds is 6. The summed E-state index contributed by atoms with van der Waals surface area (Å²) in [5, 5.41) is 8.62. The molecule has 4 nitrogen and oxygen atoms in total. The number of carbonyl (C=O) groups excluding carboxylic acids is 1. The second-order valence-electron chi connectivity index (χ2n) is 3.75. The Labute approximate surface area is 102 Å². The van der Waals surface area contributed by atoms with Crippen molar-refractivity contribution in [1.29, 1.82) is 0 Å². The van der Waals surface area contributed by atoms with Gasteiger partial charge in [0.15, 0.2) is 0 Å². The van der Waals surface area contributed by atoms with E-state index in [0.29, 0.717) is 13.1 Å². The summed E-state index contributed by atoms with van der Waals surface area (Å²) in [7, 11) is 0. The van der Waals surface area contributed by atoms with Gasteiger partial charge in [-0.2, -0.15) is 0 Å². The number of aliphatic hydroxyl groups is 1. The van der Waals surface area contributed by atoms with Gasteiger partial charge in [0.1, 0.15) is 6.61 Å². The van der Waals surface area contributed by atoms with Crippen molar-refractivity contribution in [3.63, 3.8) is 0 Å². The van der Waals surface area contributed by atoms with Crippen molar-refractivity contribution in [3.8, 4) is 0 Å². The lowest BCUT2D eigenvalue weighted by Gasteiger charge is -2.21. The molecular formula is C13H19NO3. The minimum atomic E-state index is -0.371. The van der Waals surface area contributed by atoms with E-state index in [1.807, 2.05) is 37.3 Å². The predicted octanol–water partition coefficient (Wildman–Crippen LogP) is 2.03. The van der Waals surface area contributed by atoms with Crippen LogP contribution in [0.3, 0.4) is 0 Å². The van der Waals surface area contributed by atoms with Gasteiger partial charge in [0.25, 0.3) is 0 Å². The van der Waals surface area contributed by atoms with Crippen molar-refractivity contribution in [2.24, 2.45) is 0 Å². The van der Waals surface area contributed by atoms with E-state index in [1.54, 1.807) is 4.90 Å². The van der Waals surface area contributed by atoms with Crippen LogP contribution < -0.4 is 0 Å². The van der Waals surface area contributed by atoms with Crippen LogP contribution in [0.15, 0.2) is 30.3 Å².